The van der Waals surface area contributed by atoms with Gasteiger partial charge in [0.05, 0.1) is 10.6 Å². The zero-order valence-corrected chi connectivity index (χ0v) is 12.7. The van der Waals surface area contributed by atoms with Crippen molar-refractivity contribution in [2.45, 2.75) is 32.4 Å². The molecule has 1 aliphatic rings. The molecular weight excluding hydrogens is 288 g/mol. The minimum atomic E-state index is -0.746. The molecule has 21 heavy (non-hydrogen) atoms. The Hall–Kier alpha value is -1.66. The third kappa shape index (κ3) is 3.01. The first-order chi connectivity index (χ1) is 10.1. The van der Waals surface area contributed by atoms with Gasteiger partial charge in [-0.25, -0.2) is 0 Å². The van der Waals surface area contributed by atoms with Crippen molar-refractivity contribution in [3.8, 4) is 10.6 Å². The molecule has 0 aliphatic carbocycles. The van der Waals surface area contributed by atoms with Gasteiger partial charge in [-0.3, -0.25) is 9.69 Å². The fourth-order valence-corrected chi connectivity index (χ4v) is 3.65. The van der Waals surface area contributed by atoms with E-state index >= 15 is 0 Å². The summed E-state index contributed by atoms with van der Waals surface area (Å²) in [6.45, 7) is 3.32. The normalized spacial score (nSPS) is 23.3. The van der Waals surface area contributed by atoms with Crippen LogP contribution in [0.2, 0.25) is 0 Å². The number of aliphatic carboxylic acids is 1. The predicted molar refractivity (Wildman–Crippen MR) is 80.0 cm³/mol. The van der Waals surface area contributed by atoms with Crippen LogP contribution < -0.4 is 0 Å². The number of nitrogens with zero attached hydrogens (tertiary/aromatic N) is 2. The molecule has 3 rings (SSSR count). The molecule has 0 saturated carbocycles. The van der Waals surface area contributed by atoms with Gasteiger partial charge in [-0.15, -0.1) is 11.3 Å². The Labute approximate surface area is 127 Å². The average Bonchev–Trinajstić information content (AvgIpc) is 3.08. The predicted octanol–water partition coefficient (Wildman–Crippen LogP) is 3.09. The molecule has 112 valence electrons. The molecule has 0 aromatic carbocycles. The van der Waals surface area contributed by atoms with E-state index in [0.717, 1.165) is 35.7 Å². The second-order valence-corrected chi connectivity index (χ2v) is 6.48. The van der Waals surface area contributed by atoms with Crippen molar-refractivity contribution in [1.29, 1.82) is 0 Å². The van der Waals surface area contributed by atoms with Gasteiger partial charge >= 0.3 is 5.97 Å². The molecule has 0 amide bonds. The molecule has 6 heteroatoms. The van der Waals surface area contributed by atoms with Crippen molar-refractivity contribution in [2.24, 2.45) is 5.92 Å². The summed E-state index contributed by atoms with van der Waals surface area (Å²) in [5, 5.41) is 15.5. The van der Waals surface area contributed by atoms with Crippen LogP contribution in [0.15, 0.2) is 28.1 Å². The zero-order valence-electron chi connectivity index (χ0n) is 11.9. The van der Waals surface area contributed by atoms with Gasteiger partial charge in [0.2, 0.25) is 0 Å². The first-order valence-corrected chi connectivity index (χ1v) is 7.99. The number of aromatic nitrogens is 1. The number of hydrogen-bond donors (Lipinski definition) is 1. The maximum Gasteiger partial charge on any atom is 0.321 e. The van der Waals surface area contributed by atoms with Gasteiger partial charge in [0, 0.05) is 12.6 Å². The lowest BCUT2D eigenvalue weighted by molar-refractivity contribution is -0.147. The monoisotopic (exact) mass is 306 g/mol. The first-order valence-electron chi connectivity index (χ1n) is 7.11. The number of carboxylic acid groups (broad SMARTS) is 1. The summed E-state index contributed by atoms with van der Waals surface area (Å²) in [6, 6.07) is 5.43. The van der Waals surface area contributed by atoms with E-state index in [4.69, 9.17) is 4.52 Å². The molecule has 5 nitrogen and oxygen atoms in total. The molecule has 1 N–H and O–H groups in total. The van der Waals surface area contributed by atoms with Gasteiger partial charge in [0.15, 0.2) is 5.76 Å². The number of likely N-dealkylation sites (tertiary alicyclic amines) is 1. The Kier molecular flexibility index (Phi) is 4.07. The molecule has 1 aliphatic heterocycles. The van der Waals surface area contributed by atoms with E-state index in [2.05, 4.69) is 5.16 Å². The van der Waals surface area contributed by atoms with Gasteiger partial charge in [-0.1, -0.05) is 18.1 Å². The maximum absolute atomic E-state index is 11.5. The van der Waals surface area contributed by atoms with Gasteiger partial charge in [0.25, 0.3) is 0 Å². The van der Waals surface area contributed by atoms with Gasteiger partial charge < -0.3 is 9.63 Å². The van der Waals surface area contributed by atoms with Crippen LogP contribution in [0.4, 0.5) is 0 Å². The van der Waals surface area contributed by atoms with Gasteiger partial charge in [-0.2, -0.15) is 0 Å². The summed E-state index contributed by atoms with van der Waals surface area (Å²) in [7, 11) is 0. The minimum absolute atomic E-state index is 0.167. The summed E-state index contributed by atoms with van der Waals surface area (Å²) < 4.78 is 5.36. The highest BCUT2D eigenvalue weighted by molar-refractivity contribution is 7.13. The number of carbonyl (C=O) groups is 1. The molecule has 3 heterocycles. The number of thiophene rings is 1. The maximum atomic E-state index is 11.5. The molecule has 2 aromatic heterocycles. The summed E-state index contributed by atoms with van der Waals surface area (Å²) in [5.74, 6) is 0.168. The molecule has 2 unspecified atom stereocenters. The van der Waals surface area contributed by atoms with Crippen LogP contribution in [0, 0.1) is 5.92 Å². The lowest BCUT2D eigenvalue weighted by atomic mass is 9.90. The van der Waals surface area contributed by atoms with Crippen LogP contribution in [0.3, 0.4) is 0 Å². The highest BCUT2D eigenvalue weighted by Crippen LogP contribution is 2.28. The number of carboxylic acids is 1. The van der Waals surface area contributed by atoms with Crippen LogP contribution in [0.25, 0.3) is 10.6 Å². The van der Waals surface area contributed by atoms with E-state index in [1.807, 2.05) is 35.4 Å². The van der Waals surface area contributed by atoms with E-state index in [-0.39, 0.29) is 5.92 Å². The topological polar surface area (TPSA) is 66.6 Å². The molecule has 2 atom stereocenters. The quantitative estimate of drug-likeness (QED) is 0.940. The van der Waals surface area contributed by atoms with Crippen LogP contribution in [-0.2, 0) is 11.3 Å². The van der Waals surface area contributed by atoms with Crippen LogP contribution in [-0.4, -0.2) is 33.7 Å². The van der Waals surface area contributed by atoms with Crippen molar-refractivity contribution in [1.82, 2.24) is 10.1 Å². The fourth-order valence-electron chi connectivity index (χ4n) is 2.98. The van der Waals surface area contributed by atoms with E-state index in [1.54, 1.807) is 11.3 Å². The first kappa shape index (κ1) is 14.3. The molecule has 0 radical (unpaired) electrons. The Balaban J connectivity index is 1.75. The molecule has 2 aromatic rings. The second kappa shape index (κ2) is 5.99. The van der Waals surface area contributed by atoms with Crippen molar-refractivity contribution in [3.05, 3.63) is 29.3 Å². The summed E-state index contributed by atoms with van der Waals surface area (Å²) >= 11 is 1.60. The second-order valence-electron chi connectivity index (χ2n) is 5.53. The van der Waals surface area contributed by atoms with Crippen molar-refractivity contribution in [3.63, 3.8) is 0 Å². The van der Waals surface area contributed by atoms with E-state index < -0.39 is 12.0 Å². The Morgan fingerprint density at radius 2 is 2.48 bits per heavy atom. The van der Waals surface area contributed by atoms with E-state index in [1.165, 1.54) is 0 Å². The summed E-state index contributed by atoms with van der Waals surface area (Å²) in [5.41, 5.74) is 0.791. The van der Waals surface area contributed by atoms with Crippen molar-refractivity contribution in [2.75, 3.05) is 6.54 Å². The molecule has 1 saturated heterocycles. The fraction of sp³-hybridized carbons (Fsp3) is 0.467. The van der Waals surface area contributed by atoms with Gasteiger partial charge in [0.1, 0.15) is 6.04 Å². The lowest BCUT2D eigenvalue weighted by Gasteiger charge is -2.36. The third-order valence-electron chi connectivity index (χ3n) is 3.98. The molecule has 0 spiro atoms. The Morgan fingerprint density at radius 1 is 1.62 bits per heavy atom. The molecule has 0 bridgehead atoms. The van der Waals surface area contributed by atoms with E-state index in [0.29, 0.717) is 6.54 Å². The lowest BCUT2D eigenvalue weighted by Crippen LogP contribution is -2.48. The molecule has 1 fully saturated rings. The van der Waals surface area contributed by atoms with Crippen molar-refractivity contribution < 1.29 is 14.4 Å². The van der Waals surface area contributed by atoms with Crippen LogP contribution in [0.5, 0.6) is 0 Å². The minimum Gasteiger partial charge on any atom is -0.480 e. The van der Waals surface area contributed by atoms with Crippen LogP contribution in [0.1, 0.15) is 25.5 Å². The largest absolute Gasteiger partial charge is 0.480 e. The van der Waals surface area contributed by atoms with Gasteiger partial charge in [-0.05, 0) is 36.8 Å². The number of piperidine rings is 1. The summed E-state index contributed by atoms with van der Waals surface area (Å²) in [6.07, 6.45) is 1.99. The number of rotatable bonds is 4. The summed E-state index contributed by atoms with van der Waals surface area (Å²) in [4.78, 5) is 14.5. The van der Waals surface area contributed by atoms with Crippen LogP contribution >= 0.6 is 11.3 Å². The Morgan fingerprint density at radius 3 is 3.19 bits per heavy atom. The zero-order chi connectivity index (χ0) is 14.8. The Bertz CT molecular complexity index is 608. The highest BCUT2D eigenvalue weighted by atomic mass is 32.1. The highest BCUT2D eigenvalue weighted by Gasteiger charge is 2.34. The van der Waals surface area contributed by atoms with E-state index in [9.17, 15) is 9.90 Å². The smallest absolute Gasteiger partial charge is 0.321 e. The average molecular weight is 306 g/mol. The SMILES string of the molecule is CC1CCCN(Cc2cc(-c3cccs3)on2)C1C(=O)O. The third-order valence-corrected chi connectivity index (χ3v) is 4.86. The number of hydrogen-bond acceptors (Lipinski definition) is 5. The molecular formula is C15H18N2O3S. The van der Waals surface area contributed by atoms with Crippen molar-refractivity contribution >= 4 is 17.3 Å². The standard InChI is InChI=1S/C15H18N2O3S/c1-10-4-2-6-17(14(10)15(18)19)9-11-8-12(20-16-11)13-5-3-7-21-13/h3,5,7-8,10,14H,2,4,6,9H2,1H3,(H,18,19).